The Morgan fingerprint density at radius 3 is 2.17 bits per heavy atom. The highest BCUT2D eigenvalue weighted by molar-refractivity contribution is 5.91. The van der Waals surface area contributed by atoms with Crippen molar-refractivity contribution in [3.05, 3.63) is 81.9 Å². The predicted molar refractivity (Wildman–Crippen MR) is 149 cm³/mol. The normalized spacial score (nSPS) is 18.5. The number of hydrogen-bond acceptors (Lipinski definition) is 8. The molecule has 0 fully saturated rings. The summed E-state index contributed by atoms with van der Waals surface area (Å²) >= 11 is 0. The molecule has 0 radical (unpaired) electrons. The Balaban J connectivity index is 1.71. The number of benzene rings is 2. The number of anilines is 1. The van der Waals surface area contributed by atoms with Crippen molar-refractivity contribution in [1.82, 2.24) is 30.6 Å². The molecule has 2 aromatic carbocycles. The Bertz CT molecular complexity index is 1780. The summed E-state index contributed by atoms with van der Waals surface area (Å²) in [6.07, 6.45) is -15.6. The highest BCUT2D eigenvalue weighted by atomic mass is 19.4. The number of H-pyrrole nitrogens is 1. The minimum absolute atomic E-state index is 0.0208. The molecule has 10 nitrogen and oxygen atoms in total. The molecule has 0 bridgehead atoms. The van der Waals surface area contributed by atoms with Gasteiger partial charge in [0.25, 0.3) is 0 Å². The largest absolute Gasteiger partial charge is 0.449 e. The number of amides is 1. The molecule has 0 spiro atoms. The second-order valence-electron chi connectivity index (χ2n) is 10.9. The van der Waals surface area contributed by atoms with Gasteiger partial charge in [0.15, 0.2) is 0 Å². The summed E-state index contributed by atoms with van der Waals surface area (Å²) in [4.78, 5) is 22.9. The third-order valence-electron chi connectivity index (χ3n) is 7.84. The van der Waals surface area contributed by atoms with Crippen LogP contribution >= 0.6 is 0 Å². The topological polar surface area (TPSA) is 136 Å². The molecule has 2 atom stereocenters. The molecule has 48 heavy (non-hydrogen) atoms. The smallest absolute Gasteiger partial charge is 0.416 e. The molecule has 0 saturated heterocycles. The van der Waals surface area contributed by atoms with Crippen LogP contribution in [-0.4, -0.2) is 49.0 Å². The number of rotatable bonds is 6. The molecule has 5 rings (SSSR count). The van der Waals surface area contributed by atoms with E-state index in [1.54, 1.807) is 6.92 Å². The first-order valence-corrected chi connectivity index (χ1v) is 14.2. The van der Waals surface area contributed by atoms with Crippen LogP contribution in [0, 0.1) is 0 Å². The van der Waals surface area contributed by atoms with Crippen LogP contribution in [-0.2, 0) is 29.7 Å². The fourth-order valence-corrected chi connectivity index (χ4v) is 5.52. The second kappa shape index (κ2) is 12.3. The lowest BCUT2D eigenvalue weighted by molar-refractivity contribution is -0.143. The number of ether oxygens (including phenoxy) is 1. The van der Waals surface area contributed by atoms with Crippen molar-refractivity contribution < 1.29 is 49.0 Å². The maximum Gasteiger partial charge on any atom is 0.416 e. The second-order valence-corrected chi connectivity index (χ2v) is 10.9. The first kappa shape index (κ1) is 34.5. The van der Waals surface area contributed by atoms with Gasteiger partial charge in [-0.25, -0.2) is 14.8 Å². The monoisotopic (exact) mass is 688 g/mol. The minimum atomic E-state index is -5.12. The predicted octanol–water partition coefficient (Wildman–Crippen LogP) is 6.87. The van der Waals surface area contributed by atoms with Crippen LogP contribution in [0.15, 0.2) is 42.6 Å². The van der Waals surface area contributed by atoms with Crippen molar-refractivity contribution in [1.29, 1.82) is 0 Å². The summed E-state index contributed by atoms with van der Waals surface area (Å²) in [6, 6.07) is 3.67. The first-order chi connectivity index (χ1) is 22.4. The van der Waals surface area contributed by atoms with Gasteiger partial charge in [0.2, 0.25) is 5.82 Å². The molecular weight excluding hydrogens is 663 g/mol. The van der Waals surface area contributed by atoms with Gasteiger partial charge in [-0.1, -0.05) is 6.92 Å². The Morgan fingerprint density at radius 2 is 1.62 bits per heavy atom. The van der Waals surface area contributed by atoms with Gasteiger partial charge in [-0.15, -0.1) is 10.2 Å². The van der Waals surface area contributed by atoms with E-state index in [0.717, 1.165) is 29.3 Å². The number of tetrazole rings is 1. The Kier molecular flexibility index (Phi) is 8.87. The number of halogens is 9. The zero-order valence-corrected chi connectivity index (χ0v) is 24.9. The summed E-state index contributed by atoms with van der Waals surface area (Å²) in [5.41, 5.74) is 0.250. The van der Waals surface area contributed by atoms with Crippen molar-refractivity contribution >= 4 is 11.8 Å². The van der Waals surface area contributed by atoms with Crippen LogP contribution in [0.2, 0.25) is 0 Å². The van der Waals surface area contributed by atoms with E-state index < -0.39 is 64.9 Å². The molecule has 0 aliphatic carbocycles. The maximum atomic E-state index is 13.9. The Morgan fingerprint density at radius 1 is 0.979 bits per heavy atom. The van der Waals surface area contributed by atoms with E-state index in [1.165, 1.54) is 6.92 Å². The van der Waals surface area contributed by atoms with E-state index in [-0.39, 0.29) is 59.7 Å². The number of fused-ring (bicyclic) bond motifs is 1. The summed E-state index contributed by atoms with van der Waals surface area (Å²) < 4.78 is 129. The van der Waals surface area contributed by atoms with Gasteiger partial charge in [0.1, 0.15) is 11.5 Å². The highest BCUT2D eigenvalue weighted by Crippen LogP contribution is 2.47. The lowest BCUT2D eigenvalue weighted by Crippen LogP contribution is -2.61. The zero-order valence-electron chi connectivity index (χ0n) is 24.9. The SMILES string of the molecule is CCOC(=O)N1c2ccc(C(F)(F)F)cc2[C@@H](c2ncc(-c3nn[nH]n3)c(Cc3cc(C(F)(F)F)cc(C(F)(F)F)c3)n2)C[C@@]1(N)CC. The molecule has 1 aliphatic rings. The van der Waals surface area contributed by atoms with Gasteiger partial charge >= 0.3 is 24.6 Å². The van der Waals surface area contributed by atoms with Crippen LogP contribution in [0.3, 0.4) is 0 Å². The number of aromatic amines is 1. The molecule has 1 amide bonds. The molecule has 19 heteroatoms. The third-order valence-corrected chi connectivity index (χ3v) is 7.84. The fourth-order valence-electron chi connectivity index (χ4n) is 5.52. The Hall–Kier alpha value is -4.81. The van der Waals surface area contributed by atoms with E-state index >= 15 is 0 Å². The van der Waals surface area contributed by atoms with Gasteiger partial charge in [-0.3, -0.25) is 4.90 Å². The molecule has 3 N–H and O–H groups in total. The van der Waals surface area contributed by atoms with Crippen LogP contribution in [0.5, 0.6) is 0 Å². The van der Waals surface area contributed by atoms with Crippen molar-refractivity contribution in [2.75, 3.05) is 11.5 Å². The number of nitrogens with one attached hydrogen (secondary N) is 1. The Labute approximate surface area is 265 Å². The molecule has 1 aliphatic heterocycles. The van der Waals surface area contributed by atoms with E-state index in [2.05, 4.69) is 30.6 Å². The van der Waals surface area contributed by atoms with Crippen molar-refractivity contribution in [2.24, 2.45) is 5.73 Å². The average Bonchev–Trinajstić information content (AvgIpc) is 3.54. The number of carbonyl (C=O) groups excluding carboxylic acids is 1. The zero-order chi connectivity index (χ0) is 35.2. The molecular formula is C29H25F9N8O2. The van der Waals surface area contributed by atoms with Gasteiger partial charge < -0.3 is 10.5 Å². The summed E-state index contributed by atoms with van der Waals surface area (Å²) in [5.74, 6) is -1.46. The van der Waals surface area contributed by atoms with Crippen LogP contribution in [0.1, 0.15) is 71.9 Å². The molecule has 2 aromatic heterocycles. The molecule has 0 saturated carbocycles. The fraction of sp³-hybridized carbons (Fsp3) is 0.379. The minimum Gasteiger partial charge on any atom is -0.449 e. The number of hydrogen-bond donors (Lipinski definition) is 2. The van der Waals surface area contributed by atoms with Gasteiger partial charge in [-0.2, -0.15) is 44.7 Å². The lowest BCUT2D eigenvalue weighted by Gasteiger charge is -2.46. The van der Waals surface area contributed by atoms with Gasteiger partial charge in [0.05, 0.1) is 40.2 Å². The number of alkyl halides is 9. The standard InChI is InChI=1S/C29H25F9N8O2/c1-3-26(39)12-19(18-11-15(27(30,31)32)5-6-22(18)46(26)25(47)48-4-2)23-40-13-20(24-42-44-45-43-24)21(41-23)9-14-7-16(28(33,34)35)10-17(8-14)29(36,37)38/h5-8,10-11,13,19H,3-4,9,12,39H2,1-2H3,(H,42,43,44,45)/t19-,26+/m0/s1. The van der Waals surface area contributed by atoms with Crippen LogP contribution < -0.4 is 10.6 Å². The number of nitrogens with two attached hydrogens (primary N) is 1. The quantitative estimate of drug-likeness (QED) is 0.210. The van der Waals surface area contributed by atoms with Gasteiger partial charge in [0, 0.05) is 18.5 Å². The lowest BCUT2D eigenvalue weighted by atomic mass is 9.80. The number of aromatic nitrogens is 6. The molecule has 0 unspecified atom stereocenters. The molecule has 256 valence electrons. The van der Waals surface area contributed by atoms with Crippen molar-refractivity contribution in [2.45, 2.75) is 63.2 Å². The molecule has 3 heterocycles. The van der Waals surface area contributed by atoms with E-state index in [9.17, 15) is 44.3 Å². The maximum absolute atomic E-state index is 13.9. The summed E-state index contributed by atoms with van der Waals surface area (Å²) in [7, 11) is 0. The van der Waals surface area contributed by atoms with Gasteiger partial charge in [-0.05, 0) is 72.5 Å². The number of nitrogens with zero attached hydrogens (tertiary/aromatic N) is 6. The van der Waals surface area contributed by atoms with E-state index in [1.807, 2.05) is 0 Å². The highest BCUT2D eigenvalue weighted by Gasteiger charge is 2.47. The summed E-state index contributed by atoms with van der Waals surface area (Å²) in [5, 5.41) is 13.2. The summed E-state index contributed by atoms with van der Waals surface area (Å²) in [6.45, 7) is 3.10. The first-order valence-electron chi connectivity index (χ1n) is 14.2. The average molecular weight is 689 g/mol. The van der Waals surface area contributed by atoms with E-state index in [4.69, 9.17) is 10.5 Å². The van der Waals surface area contributed by atoms with Crippen LogP contribution in [0.25, 0.3) is 11.4 Å². The van der Waals surface area contributed by atoms with Crippen molar-refractivity contribution in [3.63, 3.8) is 0 Å². The van der Waals surface area contributed by atoms with Crippen molar-refractivity contribution in [3.8, 4) is 11.4 Å². The van der Waals surface area contributed by atoms with E-state index in [0.29, 0.717) is 12.1 Å². The van der Waals surface area contributed by atoms with Crippen LogP contribution in [0.4, 0.5) is 50.0 Å². The number of carbonyl (C=O) groups is 1. The molecule has 4 aromatic rings. The third kappa shape index (κ3) is 6.76.